The quantitative estimate of drug-likeness (QED) is 0.533. The van der Waals surface area contributed by atoms with Crippen molar-refractivity contribution in [1.29, 1.82) is 0 Å². The van der Waals surface area contributed by atoms with E-state index >= 15 is 0 Å². The predicted molar refractivity (Wildman–Crippen MR) is 118 cm³/mol. The number of carbonyl (C=O) groups excluding carboxylic acids is 2. The van der Waals surface area contributed by atoms with E-state index in [0.717, 1.165) is 25.7 Å². The number of Topliss-reactive ketones (excluding diaryl/α,β-unsaturated/α-hetero) is 1. The van der Waals surface area contributed by atoms with E-state index in [0.29, 0.717) is 25.0 Å². The number of ketones is 2. The number of aliphatic hydroxyl groups is 2. The van der Waals surface area contributed by atoms with Gasteiger partial charge in [0.1, 0.15) is 5.60 Å². The average molecular weight is 451 g/mol. The van der Waals surface area contributed by atoms with Crippen LogP contribution in [-0.4, -0.2) is 56.1 Å². The number of carboxylic acid groups (broad SMARTS) is 1. The largest absolute Gasteiger partial charge is 0.481 e. The number of hydrogen-bond donors (Lipinski definition) is 3. The van der Waals surface area contributed by atoms with Crippen molar-refractivity contribution in [2.24, 2.45) is 28.6 Å². The number of hydrogen-bond acceptors (Lipinski definition) is 6. The lowest BCUT2D eigenvalue weighted by Crippen LogP contribution is -2.62. The zero-order valence-electron chi connectivity index (χ0n) is 18.4. The number of aliphatic carboxylic acids is 1. The molecule has 0 aromatic heterocycles. The van der Waals surface area contributed by atoms with Crippen LogP contribution < -0.4 is 0 Å². The van der Waals surface area contributed by atoms with E-state index in [1.165, 1.54) is 17.3 Å². The summed E-state index contributed by atoms with van der Waals surface area (Å²) in [5.74, 6) is -0.0513. The number of carboxylic acids is 1. The summed E-state index contributed by atoms with van der Waals surface area (Å²) >= 11 is 1.26. The first-order chi connectivity index (χ1) is 14.5. The summed E-state index contributed by atoms with van der Waals surface area (Å²) in [5.41, 5.74) is -1.17. The van der Waals surface area contributed by atoms with Crippen LogP contribution in [0.3, 0.4) is 0 Å². The molecule has 31 heavy (non-hydrogen) atoms. The maximum Gasteiger partial charge on any atom is 0.304 e. The third-order valence-electron chi connectivity index (χ3n) is 9.20. The highest BCUT2D eigenvalue weighted by Crippen LogP contribution is 2.67. The first kappa shape index (κ1) is 23.0. The van der Waals surface area contributed by atoms with Gasteiger partial charge in [-0.3, -0.25) is 14.4 Å². The van der Waals surface area contributed by atoms with E-state index in [1.54, 1.807) is 0 Å². The fourth-order valence-corrected chi connectivity index (χ4v) is 8.48. The van der Waals surface area contributed by atoms with Crippen molar-refractivity contribution in [2.45, 2.75) is 76.9 Å². The van der Waals surface area contributed by atoms with Gasteiger partial charge in [0, 0.05) is 17.6 Å². The molecule has 0 saturated heterocycles. The zero-order valence-corrected chi connectivity index (χ0v) is 19.2. The van der Waals surface area contributed by atoms with Crippen LogP contribution in [0, 0.1) is 28.6 Å². The summed E-state index contributed by atoms with van der Waals surface area (Å²) in [5, 5.41) is 31.8. The minimum Gasteiger partial charge on any atom is -0.481 e. The molecule has 172 valence electrons. The molecule has 0 aliphatic heterocycles. The van der Waals surface area contributed by atoms with E-state index in [-0.39, 0.29) is 46.9 Å². The summed E-state index contributed by atoms with van der Waals surface area (Å²) in [6.45, 7) is 4.17. The van der Waals surface area contributed by atoms with Gasteiger partial charge in [0.25, 0.3) is 0 Å². The Morgan fingerprint density at radius 2 is 1.94 bits per heavy atom. The highest BCUT2D eigenvalue weighted by atomic mass is 32.2. The third-order valence-corrected chi connectivity index (χ3v) is 10.2. The van der Waals surface area contributed by atoms with Gasteiger partial charge in [0.05, 0.1) is 18.3 Å². The number of thioether (sulfide) groups is 1. The molecule has 3 unspecified atom stereocenters. The van der Waals surface area contributed by atoms with Crippen LogP contribution in [0.15, 0.2) is 11.6 Å². The number of rotatable bonds is 6. The lowest BCUT2D eigenvalue weighted by molar-refractivity contribution is -0.178. The Morgan fingerprint density at radius 1 is 1.19 bits per heavy atom. The van der Waals surface area contributed by atoms with Crippen molar-refractivity contribution in [3.05, 3.63) is 11.6 Å². The highest BCUT2D eigenvalue weighted by molar-refractivity contribution is 7.99. The van der Waals surface area contributed by atoms with Gasteiger partial charge in [-0.1, -0.05) is 19.4 Å². The van der Waals surface area contributed by atoms with Gasteiger partial charge in [-0.2, -0.15) is 11.8 Å². The molecule has 0 bridgehead atoms. The fourth-order valence-electron chi connectivity index (χ4n) is 7.59. The topological polar surface area (TPSA) is 112 Å². The predicted octanol–water partition coefficient (Wildman–Crippen LogP) is 3.00. The van der Waals surface area contributed by atoms with Crippen LogP contribution in [0.1, 0.15) is 65.2 Å². The molecule has 3 N–H and O–H groups in total. The zero-order chi connectivity index (χ0) is 22.6. The van der Waals surface area contributed by atoms with Crippen LogP contribution in [-0.2, 0) is 14.4 Å². The molecule has 0 aromatic carbocycles. The van der Waals surface area contributed by atoms with Gasteiger partial charge in [-0.05, 0) is 67.8 Å². The van der Waals surface area contributed by atoms with Crippen LogP contribution in [0.25, 0.3) is 0 Å². The van der Waals surface area contributed by atoms with E-state index in [1.807, 2.05) is 13.0 Å². The molecule has 0 radical (unpaired) electrons. The molecule has 4 aliphatic rings. The second kappa shape index (κ2) is 7.99. The van der Waals surface area contributed by atoms with Crippen molar-refractivity contribution in [3.63, 3.8) is 0 Å². The first-order valence-corrected chi connectivity index (χ1v) is 12.7. The van der Waals surface area contributed by atoms with Gasteiger partial charge < -0.3 is 15.3 Å². The normalized spacial score (nSPS) is 44.1. The second-order valence-corrected chi connectivity index (χ2v) is 11.7. The van der Waals surface area contributed by atoms with Gasteiger partial charge in [-0.15, -0.1) is 0 Å². The van der Waals surface area contributed by atoms with Crippen molar-refractivity contribution in [2.75, 3.05) is 11.5 Å². The van der Waals surface area contributed by atoms with Crippen LogP contribution in [0.4, 0.5) is 0 Å². The Hall–Kier alpha value is -1.18. The number of aliphatic hydroxyl groups excluding tert-OH is 1. The fraction of sp³-hybridized carbons (Fsp3) is 0.792. The lowest BCUT2D eigenvalue weighted by atomic mass is 9.45. The SMILES string of the molecule is C[C@]12CCC(=O)C=C1CCC1C2[C@@H](O)C[C@@]2(C)C1CC[C@]2(O)C(=O)CSCCC(=O)O. The second-order valence-electron chi connectivity index (χ2n) is 10.6. The van der Waals surface area contributed by atoms with Crippen molar-refractivity contribution in [3.8, 4) is 0 Å². The minimum absolute atomic E-state index is 0.00429. The van der Waals surface area contributed by atoms with Gasteiger partial charge in [0.2, 0.25) is 0 Å². The molecule has 3 saturated carbocycles. The van der Waals surface area contributed by atoms with Gasteiger partial charge in [0.15, 0.2) is 11.6 Å². The van der Waals surface area contributed by atoms with E-state index in [2.05, 4.69) is 6.92 Å². The molecule has 6 nitrogen and oxygen atoms in total. The molecule has 0 amide bonds. The monoisotopic (exact) mass is 450 g/mol. The highest BCUT2D eigenvalue weighted by Gasteiger charge is 2.68. The molecule has 0 heterocycles. The summed E-state index contributed by atoms with van der Waals surface area (Å²) in [6.07, 6.45) is 5.76. The molecular formula is C24H34O6S. The third kappa shape index (κ3) is 3.51. The molecule has 4 rings (SSSR count). The summed E-state index contributed by atoms with van der Waals surface area (Å²) < 4.78 is 0. The molecule has 4 aliphatic carbocycles. The molecule has 0 spiro atoms. The first-order valence-electron chi connectivity index (χ1n) is 11.5. The molecular weight excluding hydrogens is 416 g/mol. The van der Waals surface area contributed by atoms with Gasteiger partial charge in [-0.25, -0.2) is 0 Å². The van der Waals surface area contributed by atoms with Crippen molar-refractivity contribution >= 4 is 29.3 Å². The van der Waals surface area contributed by atoms with E-state index in [9.17, 15) is 24.6 Å². The number of allylic oxidation sites excluding steroid dienone is 1. The number of carbonyl (C=O) groups is 3. The Bertz CT molecular complexity index is 823. The average Bonchev–Trinajstić information content (AvgIpc) is 2.97. The Morgan fingerprint density at radius 3 is 2.65 bits per heavy atom. The van der Waals surface area contributed by atoms with Crippen molar-refractivity contribution in [1.82, 2.24) is 0 Å². The standard InChI is InChI=1S/C24H34O6S/c1-22-8-5-15(25)11-14(22)3-4-16-17-6-9-24(30,19(27)13-31-10-7-20(28)29)23(17,2)12-18(26)21(16)22/h11,16-18,21,26,30H,3-10,12-13H2,1-2H3,(H,28,29)/t16?,17?,18-,21?,22-,23-,24-/m0/s1. The number of fused-ring (bicyclic) bond motifs is 5. The molecule has 0 aromatic rings. The maximum atomic E-state index is 13.1. The summed E-state index contributed by atoms with van der Waals surface area (Å²) in [6, 6.07) is 0. The van der Waals surface area contributed by atoms with Crippen LogP contribution >= 0.6 is 11.8 Å². The summed E-state index contributed by atoms with van der Waals surface area (Å²) in [4.78, 5) is 35.8. The van der Waals surface area contributed by atoms with Crippen LogP contribution in [0.2, 0.25) is 0 Å². The maximum absolute atomic E-state index is 13.1. The van der Waals surface area contributed by atoms with Gasteiger partial charge >= 0.3 is 5.97 Å². The molecule has 7 atom stereocenters. The Balaban J connectivity index is 1.56. The Kier molecular flexibility index (Phi) is 5.93. The Labute approximate surface area is 187 Å². The minimum atomic E-state index is -1.47. The van der Waals surface area contributed by atoms with Crippen LogP contribution in [0.5, 0.6) is 0 Å². The van der Waals surface area contributed by atoms with Crippen molar-refractivity contribution < 1.29 is 29.7 Å². The van der Waals surface area contributed by atoms with E-state index < -0.39 is 23.1 Å². The lowest BCUT2D eigenvalue weighted by Gasteiger charge is -2.60. The smallest absolute Gasteiger partial charge is 0.304 e. The molecule has 7 heteroatoms. The van der Waals surface area contributed by atoms with E-state index in [4.69, 9.17) is 5.11 Å². The summed E-state index contributed by atoms with van der Waals surface area (Å²) in [7, 11) is 0. The molecule has 3 fully saturated rings.